The van der Waals surface area contributed by atoms with Crippen LogP contribution in [0.25, 0.3) is 66.8 Å². The molecule has 0 atom stereocenters. The molecule has 0 aromatic heterocycles. The van der Waals surface area contributed by atoms with E-state index in [4.69, 9.17) is 0 Å². The van der Waals surface area contributed by atoms with Gasteiger partial charge < -0.3 is 0 Å². The number of rotatable bonds is 6. The van der Waals surface area contributed by atoms with E-state index in [2.05, 4.69) is 287 Å². The predicted molar refractivity (Wildman–Crippen MR) is 333 cm³/mol. The summed E-state index contributed by atoms with van der Waals surface area (Å²) >= 11 is 0. The Morgan fingerprint density at radius 3 is 1.08 bits per heavy atom. The maximum Gasteiger partial charge on any atom is 0.242 e. The van der Waals surface area contributed by atoms with Crippen molar-refractivity contribution in [2.45, 2.75) is 75.2 Å². The van der Waals surface area contributed by atoms with E-state index in [0.29, 0.717) is 6.71 Å². The van der Waals surface area contributed by atoms with Gasteiger partial charge in [0, 0.05) is 0 Å². The minimum atomic E-state index is 0.292. The molecule has 0 unspecified atom stereocenters. The van der Waals surface area contributed by atoms with Crippen LogP contribution in [0.3, 0.4) is 0 Å². The molecule has 0 saturated carbocycles. The zero-order chi connectivity index (χ0) is 53.1. The Morgan fingerprint density at radius 2 is 0.671 bits per heavy atom. The summed E-state index contributed by atoms with van der Waals surface area (Å²) in [5, 5.41) is 0. The summed E-state index contributed by atoms with van der Waals surface area (Å²) in [5.41, 5.74) is 31.7. The Bertz CT molecular complexity index is 3600. The van der Waals surface area contributed by atoms with Gasteiger partial charge >= 0.3 is 0 Å². The van der Waals surface area contributed by atoms with Crippen molar-refractivity contribution >= 4 is 23.1 Å². The van der Waals surface area contributed by atoms with Gasteiger partial charge in [0.1, 0.15) is 0 Å². The van der Waals surface area contributed by atoms with Crippen LogP contribution in [0, 0.1) is 55.4 Å². The number of aryl methyl sites for hydroxylation is 8. The van der Waals surface area contributed by atoms with Crippen LogP contribution in [-0.2, 0) is 0 Å². The zero-order valence-corrected chi connectivity index (χ0v) is 46.1. The molecule has 1 aliphatic carbocycles. The molecule has 12 rings (SSSR count). The van der Waals surface area contributed by atoms with Gasteiger partial charge in [0.2, 0.25) is 6.71 Å². The molecule has 0 radical (unpaired) electrons. The van der Waals surface area contributed by atoms with E-state index in [1.54, 1.807) is 0 Å². The molecule has 1 aliphatic heterocycles. The molecule has 1 heteroatoms. The second-order valence-electron chi connectivity index (χ2n) is 20.9. The fourth-order valence-corrected chi connectivity index (χ4v) is 10.8. The standard InChI is InChI=1S/C33H27B.C28H26.C7H10.C7H8/c1-22-9-8-11-27(19-22)34-32-14-7-6-13-29(32)31-21-26(17-18-33(31)34)25-16-15-24(3)30(20-25)28-12-5-4-10-23(28)2;1-19-9-5-7-11-25(19)27-17-23(15-13-21(27)3)24-16-14-22(4)28(18-24)26-12-8-6-10-20(26)2;2*1-7-5-3-2-4-6-7/h4-21H,1-3H3;5-18H,1-4H3;3,5-6H,2,4H2,1H3;2-6H,1H3. The number of hydrogen-bond acceptors (Lipinski definition) is 0. The van der Waals surface area contributed by atoms with Crippen LogP contribution in [0.5, 0.6) is 0 Å². The normalized spacial score (nSPS) is 11.9. The topological polar surface area (TPSA) is 0 Å². The average Bonchev–Trinajstić information content (AvgIpc) is 3.80. The van der Waals surface area contributed by atoms with Crippen molar-refractivity contribution in [2.24, 2.45) is 0 Å². The SMILES string of the molecule is CC1=CCCC=C1.Cc1cccc(B2c3ccccc3-c3cc(-c4ccc(C)c(-c5ccccc5C)c4)ccc32)c1.Cc1ccccc1.Cc1ccccc1-c1cc(-c2ccc(C)c(-c3ccccc3C)c2)ccc1C. The highest BCUT2D eigenvalue weighted by Crippen LogP contribution is 2.36. The summed E-state index contributed by atoms with van der Waals surface area (Å²) in [5.74, 6) is 0. The maximum absolute atomic E-state index is 2.40. The summed E-state index contributed by atoms with van der Waals surface area (Å²) in [6, 6.07) is 81.6. The molecule has 0 saturated heterocycles. The van der Waals surface area contributed by atoms with Crippen molar-refractivity contribution in [3.05, 3.63) is 293 Å². The van der Waals surface area contributed by atoms with Gasteiger partial charge in [0.25, 0.3) is 0 Å². The first-order chi connectivity index (χ1) is 36.9. The third kappa shape index (κ3) is 12.3. The third-order valence-electron chi connectivity index (χ3n) is 15.1. The summed E-state index contributed by atoms with van der Waals surface area (Å²) in [7, 11) is 0. The predicted octanol–water partition coefficient (Wildman–Crippen LogP) is 18.6. The molecule has 10 aromatic rings. The molecule has 374 valence electrons. The second kappa shape index (κ2) is 24.4. The number of fused-ring (bicyclic) bond motifs is 3. The molecular weight excluding hydrogens is 912 g/mol. The highest BCUT2D eigenvalue weighted by atomic mass is 14.2. The number of hydrogen-bond donors (Lipinski definition) is 0. The van der Waals surface area contributed by atoms with E-state index in [9.17, 15) is 0 Å². The third-order valence-corrected chi connectivity index (χ3v) is 15.1. The molecule has 0 fully saturated rings. The Hall–Kier alpha value is -8.26. The van der Waals surface area contributed by atoms with Gasteiger partial charge in [-0.1, -0.05) is 252 Å². The fraction of sp³-hybridized carbons (Fsp3) is 0.147. The molecule has 0 bridgehead atoms. The molecule has 10 aromatic carbocycles. The lowest BCUT2D eigenvalue weighted by Gasteiger charge is -2.14. The molecule has 0 amide bonds. The fourth-order valence-electron chi connectivity index (χ4n) is 10.8. The van der Waals surface area contributed by atoms with Crippen LogP contribution in [0.15, 0.2) is 248 Å². The second-order valence-corrected chi connectivity index (χ2v) is 20.9. The van der Waals surface area contributed by atoms with Gasteiger partial charge in [0.05, 0.1) is 0 Å². The molecule has 0 spiro atoms. The van der Waals surface area contributed by atoms with Gasteiger partial charge in [-0.05, 0) is 200 Å². The van der Waals surface area contributed by atoms with Gasteiger partial charge in [0.15, 0.2) is 0 Å². The minimum Gasteiger partial charge on any atom is -0.0840 e. The molecule has 1 heterocycles. The summed E-state index contributed by atoms with van der Waals surface area (Å²) < 4.78 is 0. The number of allylic oxidation sites excluding steroid dienone is 4. The van der Waals surface area contributed by atoms with Crippen LogP contribution >= 0.6 is 0 Å². The molecule has 0 nitrogen and oxygen atoms in total. The van der Waals surface area contributed by atoms with Crippen LogP contribution < -0.4 is 16.4 Å². The quantitative estimate of drug-likeness (QED) is 0.146. The lowest BCUT2D eigenvalue weighted by molar-refractivity contribution is 1.02. The monoisotopic (exact) mass is 983 g/mol. The van der Waals surface area contributed by atoms with E-state index in [-0.39, 0.29) is 0 Å². The summed E-state index contributed by atoms with van der Waals surface area (Å²) in [6.45, 7) is 19.8. The minimum absolute atomic E-state index is 0.292. The van der Waals surface area contributed by atoms with Crippen LogP contribution in [0.4, 0.5) is 0 Å². The molecule has 76 heavy (non-hydrogen) atoms. The van der Waals surface area contributed by atoms with Crippen LogP contribution in [0.1, 0.15) is 64.3 Å². The average molecular weight is 983 g/mol. The lowest BCUT2D eigenvalue weighted by atomic mass is 9.39. The number of benzene rings is 10. The molecule has 0 N–H and O–H groups in total. The van der Waals surface area contributed by atoms with E-state index in [1.165, 1.54) is 146 Å². The van der Waals surface area contributed by atoms with Gasteiger partial charge in [-0.2, -0.15) is 0 Å². The first-order valence-electron chi connectivity index (χ1n) is 27.1. The van der Waals surface area contributed by atoms with Gasteiger partial charge in [-0.15, -0.1) is 0 Å². The largest absolute Gasteiger partial charge is 0.242 e. The van der Waals surface area contributed by atoms with E-state index in [1.807, 2.05) is 18.2 Å². The summed E-state index contributed by atoms with van der Waals surface area (Å²) in [6.07, 6.45) is 9.12. The zero-order valence-electron chi connectivity index (χ0n) is 46.1. The van der Waals surface area contributed by atoms with E-state index in [0.717, 1.165) is 0 Å². The maximum atomic E-state index is 2.40. The smallest absolute Gasteiger partial charge is 0.0840 e. The van der Waals surface area contributed by atoms with E-state index < -0.39 is 0 Å². The van der Waals surface area contributed by atoms with Crippen molar-refractivity contribution in [1.29, 1.82) is 0 Å². The molecule has 2 aliphatic rings. The lowest BCUT2D eigenvalue weighted by Crippen LogP contribution is -2.48. The Labute approximate surface area is 455 Å². The molecular formula is C75H71B. The first kappa shape index (κ1) is 52.6. The van der Waals surface area contributed by atoms with Crippen molar-refractivity contribution in [3.8, 4) is 66.8 Å². The van der Waals surface area contributed by atoms with Gasteiger partial charge in [-0.3, -0.25) is 0 Å². The van der Waals surface area contributed by atoms with Gasteiger partial charge in [-0.25, -0.2) is 0 Å². The first-order valence-corrected chi connectivity index (χ1v) is 27.1. The van der Waals surface area contributed by atoms with Crippen molar-refractivity contribution in [2.75, 3.05) is 0 Å². The van der Waals surface area contributed by atoms with Crippen molar-refractivity contribution in [3.63, 3.8) is 0 Å². The van der Waals surface area contributed by atoms with Crippen molar-refractivity contribution in [1.82, 2.24) is 0 Å². The Morgan fingerprint density at radius 1 is 0.276 bits per heavy atom. The highest BCUT2D eigenvalue weighted by Gasteiger charge is 2.33. The Kier molecular flexibility index (Phi) is 16.9. The van der Waals surface area contributed by atoms with Crippen LogP contribution in [-0.4, -0.2) is 6.71 Å². The Balaban J connectivity index is 0.000000149. The van der Waals surface area contributed by atoms with Crippen LogP contribution in [0.2, 0.25) is 0 Å². The summed E-state index contributed by atoms with van der Waals surface area (Å²) in [4.78, 5) is 0. The van der Waals surface area contributed by atoms with E-state index >= 15 is 0 Å². The van der Waals surface area contributed by atoms with Crippen molar-refractivity contribution < 1.29 is 0 Å². The highest BCUT2D eigenvalue weighted by molar-refractivity contribution is 6.99.